The first-order valence-corrected chi connectivity index (χ1v) is 9.25. The third kappa shape index (κ3) is 2.86. The molecule has 26 heavy (non-hydrogen) atoms. The number of hydrogen-bond donors (Lipinski definition) is 2. The quantitative estimate of drug-likeness (QED) is 0.804. The Balaban J connectivity index is 1.63. The second kappa shape index (κ2) is 6.72. The van der Waals surface area contributed by atoms with Crippen molar-refractivity contribution in [2.45, 2.75) is 50.9 Å². The van der Waals surface area contributed by atoms with Crippen molar-refractivity contribution in [3.63, 3.8) is 0 Å². The predicted octanol–water partition coefficient (Wildman–Crippen LogP) is 1.70. The highest BCUT2D eigenvalue weighted by molar-refractivity contribution is 5.97. The van der Waals surface area contributed by atoms with E-state index in [0.717, 1.165) is 37.9 Å². The summed E-state index contributed by atoms with van der Waals surface area (Å²) < 4.78 is 5.80. The third-order valence-electron chi connectivity index (χ3n) is 5.46. The molecule has 0 unspecified atom stereocenters. The summed E-state index contributed by atoms with van der Waals surface area (Å²) in [6.45, 7) is 2.50. The second-order valence-electron chi connectivity index (χ2n) is 7.13. The molecule has 1 aliphatic carbocycles. The fourth-order valence-electron chi connectivity index (χ4n) is 4.04. The van der Waals surface area contributed by atoms with Crippen LogP contribution >= 0.6 is 0 Å². The van der Waals surface area contributed by atoms with E-state index in [4.69, 9.17) is 4.74 Å². The van der Waals surface area contributed by atoms with Crippen molar-refractivity contribution in [2.24, 2.45) is 0 Å². The topological polar surface area (TPSA) is 87.7 Å². The van der Waals surface area contributed by atoms with Gasteiger partial charge in [0.05, 0.1) is 5.56 Å². The van der Waals surface area contributed by atoms with Gasteiger partial charge in [-0.05, 0) is 42.5 Å². The molecule has 7 nitrogen and oxygen atoms in total. The molecule has 7 heteroatoms. The minimum Gasteiger partial charge on any atom is -0.427 e. The van der Waals surface area contributed by atoms with E-state index in [1.165, 1.54) is 10.5 Å². The number of carbonyl (C=O) groups is 3. The lowest BCUT2D eigenvalue weighted by Crippen LogP contribution is -2.65. The summed E-state index contributed by atoms with van der Waals surface area (Å²) in [4.78, 5) is 39.5. The van der Waals surface area contributed by atoms with E-state index >= 15 is 0 Å². The molecule has 1 saturated heterocycles. The summed E-state index contributed by atoms with van der Waals surface area (Å²) in [5.41, 5.74) is 1.18. The number of esters is 1. The maximum atomic E-state index is 12.9. The normalized spacial score (nSPS) is 25.6. The first-order chi connectivity index (χ1) is 12.6. The van der Waals surface area contributed by atoms with Gasteiger partial charge in [-0.1, -0.05) is 6.07 Å². The second-order valence-corrected chi connectivity index (χ2v) is 7.13. The average molecular weight is 357 g/mol. The fourth-order valence-corrected chi connectivity index (χ4v) is 4.04. The molecule has 138 valence electrons. The fraction of sp³-hybridized carbons (Fsp3) is 0.526. The van der Waals surface area contributed by atoms with Crippen molar-refractivity contribution in [1.82, 2.24) is 15.5 Å². The van der Waals surface area contributed by atoms with Crippen LogP contribution in [0.25, 0.3) is 0 Å². The Morgan fingerprint density at radius 3 is 2.77 bits per heavy atom. The highest BCUT2D eigenvalue weighted by atomic mass is 16.6. The molecule has 2 heterocycles. The molecule has 0 spiro atoms. The number of nitrogens with zero attached hydrogens (tertiary/aromatic N) is 1. The number of Topliss-reactive ketones (excluding diaryl/α,β-unsaturated/α-hetero) is 1. The third-order valence-corrected chi connectivity index (χ3v) is 5.46. The lowest BCUT2D eigenvalue weighted by molar-refractivity contribution is -0.163. The molecule has 0 aromatic heterocycles. The molecule has 1 aromatic carbocycles. The Kier molecular flexibility index (Phi) is 4.40. The number of hydrogen-bond acceptors (Lipinski definition) is 5. The van der Waals surface area contributed by atoms with Gasteiger partial charge < -0.3 is 15.4 Å². The molecule has 3 aliphatic rings. The van der Waals surface area contributed by atoms with Gasteiger partial charge in [0.25, 0.3) is 0 Å². The number of urea groups is 1. The molecule has 4 rings (SSSR count). The smallest absolute Gasteiger partial charge is 0.340 e. The maximum absolute atomic E-state index is 12.9. The van der Waals surface area contributed by atoms with Crippen molar-refractivity contribution >= 4 is 17.8 Å². The van der Waals surface area contributed by atoms with E-state index in [2.05, 4.69) is 10.6 Å². The Labute approximate surface area is 152 Å². The van der Waals surface area contributed by atoms with E-state index in [-0.39, 0.29) is 11.8 Å². The summed E-state index contributed by atoms with van der Waals surface area (Å²) in [5, 5.41) is 6.00. The zero-order valence-corrected chi connectivity index (χ0v) is 14.7. The van der Waals surface area contributed by atoms with E-state index in [1.54, 1.807) is 6.07 Å². The molecule has 2 N–H and O–H groups in total. The van der Waals surface area contributed by atoms with Crippen LogP contribution < -0.4 is 10.6 Å². The van der Waals surface area contributed by atoms with E-state index in [0.29, 0.717) is 31.5 Å². The molecule has 2 aliphatic heterocycles. The summed E-state index contributed by atoms with van der Waals surface area (Å²) >= 11 is 0. The number of amides is 2. The minimum absolute atomic E-state index is 0.183. The van der Waals surface area contributed by atoms with Crippen LogP contribution in [0, 0.1) is 0 Å². The largest absolute Gasteiger partial charge is 0.427 e. The van der Waals surface area contributed by atoms with Crippen LogP contribution in [0.2, 0.25) is 0 Å². The summed E-state index contributed by atoms with van der Waals surface area (Å²) in [6.07, 6.45) is 2.92. The first-order valence-electron chi connectivity index (χ1n) is 9.25. The Morgan fingerprint density at radius 1 is 1.12 bits per heavy atom. The Hall–Kier alpha value is -2.41. The van der Waals surface area contributed by atoms with Crippen molar-refractivity contribution < 1.29 is 19.1 Å². The van der Waals surface area contributed by atoms with Gasteiger partial charge in [-0.3, -0.25) is 9.69 Å². The van der Waals surface area contributed by atoms with Gasteiger partial charge in [-0.25, -0.2) is 9.59 Å². The Morgan fingerprint density at radius 2 is 1.96 bits per heavy atom. The Bertz CT molecular complexity index is 763. The number of carbonyl (C=O) groups excluding carboxylic acids is 3. The van der Waals surface area contributed by atoms with Crippen molar-refractivity contribution in [3.05, 3.63) is 34.9 Å². The molecule has 1 saturated carbocycles. The number of fused-ring (bicyclic) bond motifs is 1. The highest BCUT2D eigenvalue weighted by Gasteiger charge is 2.51. The molecule has 1 aromatic rings. The van der Waals surface area contributed by atoms with Crippen molar-refractivity contribution in [1.29, 1.82) is 0 Å². The van der Waals surface area contributed by atoms with E-state index < -0.39 is 11.7 Å². The minimum atomic E-state index is -1.48. The number of nitrogens with one attached hydrogen (secondary N) is 2. The molecule has 0 bridgehead atoms. The number of benzene rings is 1. The van der Waals surface area contributed by atoms with Gasteiger partial charge in [0, 0.05) is 39.0 Å². The van der Waals surface area contributed by atoms with Crippen LogP contribution in [0.4, 0.5) is 4.79 Å². The lowest BCUT2D eigenvalue weighted by atomic mass is 9.88. The molecule has 2 amide bonds. The molecule has 2 fully saturated rings. The zero-order valence-electron chi connectivity index (χ0n) is 14.7. The van der Waals surface area contributed by atoms with Crippen LogP contribution in [-0.4, -0.2) is 41.5 Å². The first kappa shape index (κ1) is 17.0. The molecular formula is C19H23N3O4. The van der Waals surface area contributed by atoms with Gasteiger partial charge in [0.2, 0.25) is 5.72 Å². The number of ether oxygens (including phenoxy) is 1. The SMILES string of the molecule is O=C(O[C@]1(N2CCCNC2=O)CCCCC1=O)c1ccc2c(c1)CNC2. The summed E-state index contributed by atoms with van der Waals surface area (Å²) in [6, 6.07) is 5.12. The molecular weight excluding hydrogens is 334 g/mol. The number of rotatable bonds is 3. The monoisotopic (exact) mass is 357 g/mol. The molecule has 1 atom stereocenters. The van der Waals surface area contributed by atoms with Gasteiger partial charge in [0.15, 0.2) is 5.78 Å². The maximum Gasteiger partial charge on any atom is 0.340 e. The van der Waals surface area contributed by atoms with Crippen LogP contribution in [0.3, 0.4) is 0 Å². The van der Waals surface area contributed by atoms with Gasteiger partial charge in [-0.2, -0.15) is 0 Å². The van der Waals surface area contributed by atoms with E-state index in [1.807, 2.05) is 12.1 Å². The zero-order chi connectivity index (χ0) is 18.1. The van der Waals surface area contributed by atoms with Crippen LogP contribution in [-0.2, 0) is 22.6 Å². The van der Waals surface area contributed by atoms with Crippen LogP contribution in [0.1, 0.15) is 53.6 Å². The van der Waals surface area contributed by atoms with E-state index in [9.17, 15) is 14.4 Å². The van der Waals surface area contributed by atoms with Gasteiger partial charge in [0.1, 0.15) is 0 Å². The predicted molar refractivity (Wildman–Crippen MR) is 93.3 cm³/mol. The van der Waals surface area contributed by atoms with Gasteiger partial charge in [-0.15, -0.1) is 0 Å². The molecule has 0 radical (unpaired) electrons. The summed E-state index contributed by atoms with van der Waals surface area (Å²) in [5.74, 6) is -0.731. The number of ketones is 1. The van der Waals surface area contributed by atoms with Crippen LogP contribution in [0.5, 0.6) is 0 Å². The van der Waals surface area contributed by atoms with Crippen molar-refractivity contribution in [2.75, 3.05) is 13.1 Å². The lowest BCUT2D eigenvalue weighted by Gasteiger charge is -2.45. The average Bonchev–Trinajstić information content (AvgIpc) is 3.12. The standard InChI is InChI=1S/C19H23N3O4/c23-16-4-1-2-7-19(16,22-9-3-8-21-18(22)25)26-17(24)13-5-6-14-11-20-12-15(14)10-13/h5-6,10,20H,1-4,7-9,11-12H2,(H,21,25)/t19-/m1/s1. The summed E-state index contributed by atoms with van der Waals surface area (Å²) in [7, 11) is 0. The van der Waals surface area contributed by atoms with Crippen LogP contribution in [0.15, 0.2) is 18.2 Å². The van der Waals surface area contributed by atoms with Crippen molar-refractivity contribution in [3.8, 4) is 0 Å². The van der Waals surface area contributed by atoms with Gasteiger partial charge >= 0.3 is 12.0 Å². The highest BCUT2D eigenvalue weighted by Crippen LogP contribution is 2.34.